The van der Waals surface area contributed by atoms with Crippen molar-refractivity contribution < 1.29 is 0 Å². The van der Waals surface area contributed by atoms with Gasteiger partial charge in [0.2, 0.25) is 0 Å². The second kappa shape index (κ2) is 3.30. The van der Waals surface area contributed by atoms with Gasteiger partial charge in [-0.2, -0.15) is 0 Å². The fraction of sp³-hybridized carbons (Fsp3) is 0.500. The van der Waals surface area contributed by atoms with Gasteiger partial charge in [0.15, 0.2) is 0 Å². The molecule has 2 unspecified atom stereocenters. The first-order valence-electron chi connectivity index (χ1n) is 4.90. The Morgan fingerprint density at radius 3 is 3.08 bits per heavy atom. The second-order valence-corrected chi connectivity index (χ2v) is 3.77. The lowest BCUT2D eigenvalue weighted by Gasteiger charge is -1.95. The van der Waals surface area contributed by atoms with Gasteiger partial charge in [-0.25, -0.2) is 0 Å². The zero-order valence-corrected chi connectivity index (χ0v) is 7.50. The van der Waals surface area contributed by atoms with Crippen LogP contribution in [-0.4, -0.2) is 0 Å². The van der Waals surface area contributed by atoms with Crippen molar-refractivity contribution in [2.24, 2.45) is 11.8 Å². The molecule has 0 amide bonds. The topological polar surface area (TPSA) is 0 Å². The standard InChI is InChI=1S/C12H16/c1-10-11-8-6-4-2-3-5-7-9-12(10)11/h2-3,6,8,11-12H,1,4-5,7,9H2. The van der Waals surface area contributed by atoms with Crippen molar-refractivity contribution in [1.82, 2.24) is 0 Å². The molecule has 0 aromatic rings. The molecule has 0 saturated heterocycles. The molecular weight excluding hydrogens is 144 g/mol. The summed E-state index contributed by atoms with van der Waals surface area (Å²) in [7, 11) is 0. The van der Waals surface area contributed by atoms with Crippen molar-refractivity contribution in [3.05, 3.63) is 36.5 Å². The Hall–Kier alpha value is -0.780. The summed E-state index contributed by atoms with van der Waals surface area (Å²) in [6.07, 6.45) is 14.2. The fourth-order valence-electron chi connectivity index (χ4n) is 2.00. The summed E-state index contributed by atoms with van der Waals surface area (Å²) in [5.74, 6) is 1.56. The quantitative estimate of drug-likeness (QED) is 0.476. The van der Waals surface area contributed by atoms with E-state index in [9.17, 15) is 0 Å². The minimum absolute atomic E-state index is 0.733. The maximum absolute atomic E-state index is 4.08. The molecule has 0 aromatic carbocycles. The van der Waals surface area contributed by atoms with Crippen LogP contribution >= 0.6 is 0 Å². The number of hydrogen-bond acceptors (Lipinski definition) is 0. The summed E-state index contributed by atoms with van der Waals surface area (Å²) in [4.78, 5) is 0. The predicted molar refractivity (Wildman–Crippen MR) is 52.9 cm³/mol. The van der Waals surface area contributed by atoms with Crippen molar-refractivity contribution in [3.63, 3.8) is 0 Å². The smallest absolute Gasteiger partial charge is 0.00429 e. The molecule has 0 N–H and O–H groups in total. The summed E-state index contributed by atoms with van der Waals surface area (Å²) < 4.78 is 0. The van der Waals surface area contributed by atoms with Crippen LogP contribution in [0.4, 0.5) is 0 Å². The highest BCUT2D eigenvalue weighted by molar-refractivity contribution is 5.32. The first kappa shape index (κ1) is 7.85. The van der Waals surface area contributed by atoms with Crippen molar-refractivity contribution in [3.8, 4) is 0 Å². The van der Waals surface area contributed by atoms with Crippen LogP contribution in [0.15, 0.2) is 36.5 Å². The van der Waals surface area contributed by atoms with E-state index < -0.39 is 0 Å². The molecule has 0 spiro atoms. The van der Waals surface area contributed by atoms with Gasteiger partial charge in [0.05, 0.1) is 0 Å². The summed E-state index contributed by atoms with van der Waals surface area (Å²) in [6.45, 7) is 4.08. The average molecular weight is 160 g/mol. The van der Waals surface area contributed by atoms with Crippen LogP contribution in [0.3, 0.4) is 0 Å². The van der Waals surface area contributed by atoms with Crippen LogP contribution in [0.5, 0.6) is 0 Å². The fourth-order valence-corrected chi connectivity index (χ4v) is 2.00. The molecule has 2 aliphatic rings. The van der Waals surface area contributed by atoms with Crippen LogP contribution in [-0.2, 0) is 0 Å². The van der Waals surface area contributed by atoms with Gasteiger partial charge < -0.3 is 0 Å². The lowest BCUT2D eigenvalue weighted by atomic mass is 10.1. The second-order valence-electron chi connectivity index (χ2n) is 3.77. The summed E-state index contributed by atoms with van der Waals surface area (Å²) in [5, 5.41) is 0. The van der Waals surface area contributed by atoms with E-state index in [1.165, 1.54) is 24.8 Å². The molecule has 2 rings (SSSR count). The summed E-state index contributed by atoms with van der Waals surface area (Å²) in [6, 6.07) is 0. The molecule has 0 aliphatic heterocycles. The first-order valence-corrected chi connectivity index (χ1v) is 4.90. The highest BCUT2D eigenvalue weighted by atomic mass is 14.4. The Bertz CT molecular complexity index is 232. The van der Waals surface area contributed by atoms with Crippen molar-refractivity contribution >= 4 is 0 Å². The van der Waals surface area contributed by atoms with Crippen LogP contribution in [0.1, 0.15) is 25.7 Å². The van der Waals surface area contributed by atoms with Gasteiger partial charge in [0, 0.05) is 5.92 Å². The molecule has 0 heteroatoms. The highest BCUT2D eigenvalue weighted by Crippen LogP contribution is 2.48. The third kappa shape index (κ3) is 1.52. The number of allylic oxidation sites excluding steroid dienone is 5. The molecule has 1 saturated carbocycles. The molecule has 0 aromatic heterocycles. The lowest BCUT2D eigenvalue weighted by Crippen LogP contribution is -1.81. The zero-order chi connectivity index (χ0) is 8.39. The Balaban J connectivity index is 1.99. The summed E-state index contributed by atoms with van der Waals surface area (Å²) in [5.41, 5.74) is 1.47. The highest BCUT2D eigenvalue weighted by Gasteiger charge is 2.38. The van der Waals surface area contributed by atoms with E-state index in [1.54, 1.807) is 0 Å². The van der Waals surface area contributed by atoms with Gasteiger partial charge in [0.1, 0.15) is 0 Å². The Labute approximate surface area is 74.7 Å². The molecule has 2 atom stereocenters. The van der Waals surface area contributed by atoms with E-state index in [0.29, 0.717) is 0 Å². The van der Waals surface area contributed by atoms with Gasteiger partial charge in [0.25, 0.3) is 0 Å². The van der Waals surface area contributed by atoms with E-state index in [1.807, 2.05) is 0 Å². The molecule has 0 heterocycles. The first-order chi connectivity index (χ1) is 5.89. The molecule has 12 heavy (non-hydrogen) atoms. The molecule has 1 fully saturated rings. The monoisotopic (exact) mass is 160 g/mol. The third-order valence-corrected chi connectivity index (χ3v) is 2.90. The maximum Gasteiger partial charge on any atom is 0.00429 e. The largest absolute Gasteiger partial charge is 0.0989 e. The molecular formula is C12H16. The SMILES string of the molecule is C=C1C2C=CCC=CCCCC12. The molecule has 0 radical (unpaired) electrons. The number of hydrogen-bond donors (Lipinski definition) is 0. The number of rotatable bonds is 0. The summed E-state index contributed by atoms with van der Waals surface area (Å²) >= 11 is 0. The van der Waals surface area contributed by atoms with Gasteiger partial charge in [-0.15, -0.1) is 0 Å². The average Bonchev–Trinajstić information content (AvgIpc) is 2.71. The Morgan fingerprint density at radius 1 is 1.25 bits per heavy atom. The van der Waals surface area contributed by atoms with Gasteiger partial charge >= 0.3 is 0 Å². The van der Waals surface area contributed by atoms with Crippen LogP contribution in [0.2, 0.25) is 0 Å². The molecule has 0 bridgehead atoms. The maximum atomic E-state index is 4.08. The van der Waals surface area contributed by atoms with Crippen LogP contribution in [0, 0.1) is 11.8 Å². The lowest BCUT2D eigenvalue weighted by molar-refractivity contribution is 0.658. The van der Waals surface area contributed by atoms with E-state index in [4.69, 9.17) is 0 Å². The van der Waals surface area contributed by atoms with Gasteiger partial charge in [-0.1, -0.05) is 36.5 Å². The van der Waals surface area contributed by atoms with Gasteiger partial charge in [-0.05, 0) is 31.6 Å². The van der Waals surface area contributed by atoms with E-state index >= 15 is 0 Å². The van der Waals surface area contributed by atoms with E-state index in [2.05, 4.69) is 30.9 Å². The van der Waals surface area contributed by atoms with E-state index in [-0.39, 0.29) is 0 Å². The van der Waals surface area contributed by atoms with Crippen LogP contribution in [0.25, 0.3) is 0 Å². The molecule has 64 valence electrons. The van der Waals surface area contributed by atoms with Crippen molar-refractivity contribution in [2.75, 3.05) is 0 Å². The minimum Gasteiger partial charge on any atom is -0.0989 e. The predicted octanol–water partition coefficient (Wildman–Crippen LogP) is 3.48. The molecule has 0 nitrogen and oxygen atoms in total. The normalized spacial score (nSPS) is 34.5. The van der Waals surface area contributed by atoms with E-state index in [0.717, 1.165) is 18.3 Å². The minimum atomic E-state index is 0.733. The molecule has 2 aliphatic carbocycles. The van der Waals surface area contributed by atoms with Crippen LogP contribution < -0.4 is 0 Å². The number of fused-ring (bicyclic) bond motifs is 1. The van der Waals surface area contributed by atoms with Crippen molar-refractivity contribution in [1.29, 1.82) is 0 Å². The Kier molecular flexibility index (Phi) is 2.16. The Morgan fingerprint density at radius 2 is 2.17 bits per heavy atom. The zero-order valence-electron chi connectivity index (χ0n) is 7.50. The van der Waals surface area contributed by atoms with Crippen molar-refractivity contribution in [2.45, 2.75) is 25.7 Å². The third-order valence-electron chi connectivity index (χ3n) is 2.90. The van der Waals surface area contributed by atoms with Gasteiger partial charge in [-0.3, -0.25) is 0 Å².